The fourth-order valence-corrected chi connectivity index (χ4v) is 5.13. The number of hydrogen-bond donors (Lipinski definition) is 3. The highest BCUT2D eigenvalue weighted by Crippen LogP contribution is 2.34. The van der Waals surface area contributed by atoms with E-state index in [1.54, 1.807) is 24.3 Å². The van der Waals surface area contributed by atoms with Crippen molar-refractivity contribution in [3.05, 3.63) is 65.1 Å². The number of carbonyl (C=O) groups is 1. The molecule has 37 heavy (non-hydrogen) atoms. The highest BCUT2D eigenvalue weighted by Gasteiger charge is 2.34. The lowest BCUT2D eigenvalue weighted by Gasteiger charge is -2.30. The van der Waals surface area contributed by atoms with Crippen molar-refractivity contribution in [1.29, 1.82) is 0 Å². The van der Waals surface area contributed by atoms with Gasteiger partial charge >= 0.3 is 6.18 Å². The summed E-state index contributed by atoms with van der Waals surface area (Å²) in [7, 11) is 0. The smallest absolute Gasteiger partial charge is 0.382 e. The molecule has 2 heterocycles. The largest absolute Gasteiger partial charge is 0.433 e. The first-order chi connectivity index (χ1) is 17.7. The molecule has 6 nitrogen and oxygen atoms in total. The summed E-state index contributed by atoms with van der Waals surface area (Å²) >= 11 is 0. The molecule has 4 aromatic rings. The summed E-state index contributed by atoms with van der Waals surface area (Å²) in [5, 5.41) is 7.12. The first kappa shape index (κ1) is 25.0. The lowest BCUT2D eigenvalue weighted by atomic mass is 9.90. The van der Waals surface area contributed by atoms with Crippen LogP contribution >= 0.6 is 0 Å². The summed E-state index contributed by atoms with van der Waals surface area (Å²) in [5.41, 5.74) is 3.17. The molecule has 0 unspecified atom stereocenters. The molecule has 5 rings (SSSR count). The molecule has 1 aliphatic rings. The zero-order valence-corrected chi connectivity index (χ0v) is 20.9. The maximum absolute atomic E-state index is 13.4. The average molecular weight is 510 g/mol. The van der Waals surface area contributed by atoms with Gasteiger partial charge in [-0.25, -0.2) is 9.97 Å². The van der Waals surface area contributed by atoms with Crippen LogP contribution in [-0.4, -0.2) is 32.9 Å². The molecule has 2 aromatic heterocycles. The van der Waals surface area contributed by atoms with Crippen LogP contribution in [0, 0.1) is 6.92 Å². The molecule has 1 amide bonds. The van der Waals surface area contributed by atoms with E-state index >= 15 is 0 Å². The molecule has 0 aliphatic heterocycles. The lowest BCUT2D eigenvalue weighted by molar-refractivity contribution is -0.140. The minimum atomic E-state index is -4.52. The van der Waals surface area contributed by atoms with Gasteiger partial charge in [-0.3, -0.25) is 4.79 Å². The maximum atomic E-state index is 13.4. The third-order valence-electron chi connectivity index (χ3n) is 7.02. The summed E-state index contributed by atoms with van der Waals surface area (Å²) in [5.74, 6) is 0.796. The Morgan fingerprint density at radius 1 is 1.03 bits per heavy atom. The zero-order valence-electron chi connectivity index (χ0n) is 20.9. The lowest BCUT2D eigenvalue weighted by Crippen LogP contribution is -2.40. The number of hydrogen-bond acceptors (Lipinski definition) is 4. The zero-order chi connectivity index (χ0) is 26.2. The summed E-state index contributed by atoms with van der Waals surface area (Å²) in [6, 6.07) is 11.7. The van der Waals surface area contributed by atoms with E-state index in [1.807, 2.05) is 19.1 Å². The van der Waals surface area contributed by atoms with Crippen molar-refractivity contribution in [1.82, 2.24) is 20.3 Å². The number of halogens is 3. The number of nitrogens with zero attached hydrogens (tertiary/aromatic N) is 2. The standard InChI is InChI=1S/C28H30F3N5O/c1-3-6-25-35-23-14-17(13-16(2)26(23)36-25)27(37)33-19-11-9-18(10-12-19)32-22-15-24(28(29,30)31)34-21-8-5-4-7-20(21)22/h4-5,7-8,13-15,18-19H,3,6,9-12H2,1-2H3,(H,32,34)(H,33,37)(H,35,36)/t18-,19+. The molecule has 194 valence electrons. The molecule has 0 saturated heterocycles. The van der Waals surface area contributed by atoms with Gasteiger partial charge in [0.2, 0.25) is 0 Å². The molecule has 0 radical (unpaired) electrons. The van der Waals surface area contributed by atoms with Gasteiger partial charge in [-0.1, -0.05) is 25.1 Å². The van der Waals surface area contributed by atoms with Crippen LogP contribution in [0.4, 0.5) is 18.9 Å². The number of benzene rings is 2. The number of fused-ring (bicyclic) bond motifs is 2. The van der Waals surface area contributed by atoms with Crippen molar-refractivity contribution in [3.63, 3.8) is 0 Å². The van der Waals surface area contributed by atoms with Crippen LogP contribution in [0.2, 0.25) is 0 Å². The number of aryl methyl sites for hydroxylation is 2. The van der Waals surface area contributed by atoms with Crippen molar-refractivity contribution in [2.45, 2.75) is 70.6 Å². The predicted molar refractivity (Wildman–Crippen MR) is 139 cm³/mol. The number of rotatable bonds is 6. The van der Waals surface area contributed by atoms with Gasteiger partial charge in [0.15, 0.2) is 0 Å². The molecule has 1 saturated carbocycles. The molecular weight excluding hydrogens is 479 g/mol. The van der Waals surface area contributed by atoms with Gasteiger partial charge in [-0.15, -0.1) is 0 Å². The van der Waals surface area contributed by atoms with E-state index in [0.717, 1.165) is 67.0 Å². The Labute approximate surface area is 213 Å². The third kappa shape index (κ3) is 5.40. The van der Waals surface area contributed by atoms with Gasteiger partial charge in [-0.2, -0.15) is 13.2 Å². The van der Waals surface area contributed by atoms with E-state index < -0.39 is 11.9 Å². The van der Waals surface area contributed by atoms with Crippen LogP contribution < -0.4 is 10.6 Å². The molecular formula is C28H30F3N5O. The van der Waals surface area contributed by atoms with Crippen LogP contribution in [0.15, 0.2) is 42.5 Å². The Balaban J connectivity index is 1.24. The monoisotopic (exact) mass is 509 g/mol. The Morgan fingerprint density at radius 2 is 1.76 bits per heavy atom. The molecule has 2 aromatic carbocycles. The normalized spacial score (nSPS) is 18.3. The second-order valence-corrected chi connectivity index (χ2v) is 9.86. The Hall–Kier alpha value is -3.62. The average Bonchev–Trinajstić information content (AvgIpc) is 3.28. The SMILES string of the molecule is CCCc1nc2cc(C(=O)N[C@H]3CC[C@@H](Nc4cc(C(F)(F)F)nc5ccccc45)CC3)cc(C)c2[nH]1. The maximum Gasteiger partial charge on any atom is 0.433 e. The van der Waals surface area contributed by atoms with Gasteiger partial charge < -0.3 is 15.6 Å². The van der Waals surface area contributed by atoms with Gasteiger partial charge in [0.1, 0.15) is 11.5 Å². The Bertz CT molecular complexity index is 1440. The van der Waals surface area contributed by atoms with Crippen LogP contribution in [-0.2, 0) is 12.6 Å². The summed E-state index contributed by atoms with van der Waals surface area (Å²) in [4.78, 5) is 24.8. The topological polar surface area (TPSA) is 82.7 Å². The minimum Gasteiger partial charge on any atom is -0.382 e. The highest BCUT2D eigenvalue weighted by molar-refractivity contribution is 5.98. The van der Waals surface area contributed by atoms with E-state index in [9.17, 15) is 18.0 Å². The number of carbonyl (C=O) groups excluding carboxylic acids is 1. The number of imidazole rings is 1. The molecule has 1 aliphatic carbocycles. The van der Waals surface area contributed by atoms with Crippen molar-refractivity contribution in [2.24, 2.45) is 0 Å². The van der Waals surface area contributed by atoms with Gasteiger partial charge in [0.25, 0.3) is 5.91 Å². The predicted octanol–water partition coefficient (Wildman–Crippen LogP) is 6.54. The molecule has 0 spiro atoms. The number of alkyl halides is 3. The first-order valence-corrected chi connectivity index (χ1v) is 12.7. The van der Waals surface area contributed by atoms with Crippen LogP contribution in [0.25, 0.3) is 21.9 Å². The number of pyridine rings is 1. The highest BCUT2D eigenvalue weighted by atomic mass is 19.4. The van der Waals surface area contributed by atoms with E-state index in [1.165, 1.54) is 0 Å². The number of nitrogens with one attached hydrogen (secondary N) is 3. The molecule has 0 bridgehead atoms. The van der Waals surface area contributed by atoms with Gasteiger partial charge in [-0.05, 0) is 68.9 Å². The summed E-state index contributed by atoms with van der Waals surface area (Å²) in [6.45, 7) is 4.07. The number of anilines is 1. The second kappa shape index (κ2) is 10.0. The van der Waals surface area contributed by atoms with Gasteiger partial charge in [0.05, 0.1) is 16.6 Å². The van der Waals surface area contributed by atoms with Crippen LogP contribution in [0.1, 0.15) is 66.5 Å². The summed E-state index contributed by atoms with van der Waals surface area (Å²) in [6.07, 6.45) is 0.286. The first-order valence-electron chi connectivity index (χ1n) is 12.7. The fourth-order valence-electron chi connectivity index (χ4n) is 5.13. The number of para-hydroxylation sites is 1. The third-order valence-corrected chi connectivity index (χ3v) is 7.02. The van der Waals surface area contributed by atoms with Crippen molar-refractivity contribution < 1.29 is 18.0 Å². The molecule has 9 heteroatoms. The molecule has 3 N–H and O–H groups in total. The van der Waals surface area contributed by atoms with Crippen LogP contribution in [0.3, 0.4) is 0 Å². The van der Waals surface area contributed by atoms with E-state index in [2.05, 4.69) is 32.5 Å². The number of aromatic nitrogens is 3. The Kier molecular flexibility index (Phi) is 6.79. The molecule has 0 atom stereocenters. The minimum absolute atomic E-state index is 0.0105. The number of amides is 1. The van der Waals surface area contributed by atoms with E-state index in [-0.39, 0.29) is 18.0 Å². The van der Waals surface area contributed by atoms with Crippen LogP contribution in [0.5, 0.6) is 0 Å². The molecule has 1 fully saturated rings. The van der Waals surface area contributed by atoms with E-state index in [0.29, 0.717) is 22.2 Å². The van der Waals surface area contributed by atoms with Crippen molar-refractivity contribution >= 4 is 33.5 Å². The van der Waals surface area contributed by atoms with E-state index in [4.69, 9.17) is 0 Å². The quantitative estimate of drug-likeness (QED) is 0.276. The number of H-pyrrole nitrogens is 1. The summed E-state index contributed by atoms with van der Waals surface area (Å²) < 4.78 is 40.2. The number of aromatic amines is 1. The van der Waals surface area contributed by atoms with Crippen molar-refractivity contribution in [3.8, 4) is 0 Å². The Morgan fingerprint density at radius 3 is 2.49 bits per heavy atom. The van der Waals surface area contributed by atoms with Gasteiger partial charge in [0, 0.05) is 35.1 Å². The fraction of sp³-hybridized carbons (Fsp3) is 0.393. The van der Waals surface area contributed by atoms with Crippen molar-refractivity contribution in [2.75, 3.05) is 5.32 Å². The second-order valence-electron chi connectivity index (χ2n) is 9.86.